The summed E-state index contributed by atoms with van der Waals surface area (Å²) in [5.41, 5.74) is 2.81. The number of allylic oxidation sites excluding steroid dienone is 4. The second-order valence-corrected chi connectivity index (χ2v) is 6.38. The third-order valence-corrected chi connectivity index (χ3v) is 5.00. The van der Waals surface area contributed by atoms with Gasteiger partial charge < -0.3 is 5.32 Å². The number of nitrogens with one attached hydrogen (secondary N) is 1. The summed E-state index contributed by atoms with van der Waals surface area (Å²) < 4.78 is 1.38. The average Bonchev–Trinajstić information content (AvgIpc) is 3.05. The van der Waals surface area contributed by atoms with Gasteiger partial charge in [0.05, 0.1) is 14.9 Å². The minimum Gasteiger partial charge on any atom is -0.316 e. The van der Waals surface area contributed by atoms with Gasteiger partial charge in [-0.3, -0.25) is 0 Å². The molecule has 0 amide bonds. The summed E-state index contributed by atoms with van der Waals surface area (Å²) in [5, 5.41) is 6.02. The van der Waals surface area contributed by atoms with Crippen LogP contribution in [0.2, 0.25) is 0 Å². The van der Waals surface area contributed by atoms with Crippen LogP contribution in [0.4, 0.5) is 0 Å². The molecule has 0 saturated carbocycles. The molecular formula is C15H18Cl2N2S. The normalized spacial score (nSPS) is 22.3. The first kappa shape index (κ1) is 15.8. The van der Waals surface area contributed by atoms with Crippen molar-refractivity contribution in [2.75, 3.05) is 13.1 Å². The van der Waals surface area contributed by atoms with Gasteiger partial charge in [0, 0.05) is 6.42 Å². The zero-order valence-electron chi connectivity index (χ0n) is 11.1. The van der Waals surface area contributed by atoms with Crippen molar-refractivity contribution in [3.05, 3.63) is 38.7 Å². The molecule has 1 aromatic rings. The van der Waals surface area contributed by atoms with E-state index in [0.717, 1.165) is 18.8 Å². The van der Waals surface area contributed by atoms with Gasteiger partial charge in [-0.25, -0.2) is 4.98 Å². The smallest absolute Gasteiger partial charge is 0.0942 e. The Bertz CT molecular complexity index is 667. The predicted octanol–water partition coefficient (Wildman–Crippen LogP) is 1.97. The van der Waals surface area contributed by atoms with E-state index in [-0.39, 0.29) is 24.8 Å². The maximum atomic E-state index is 4.89. The summed E-state index contributed by atoms with van der Waals surface area (Å²) >= 11 is 1.89. The topological polar surface area (TPSA) is 24.9 Å². The molecule has 5 heteroatoms. The molecule has 2 heterocycles. The van der Waals surface area contributed by atoms with Crippen LogP contribution in [-0.4, -0.2) is 18.1 Å². The number of nitrogens with zero attached hydrogens (tertiary/aromatic N) is 1. The fourth-order valence-corrected chi connectivity index (χ4v) is 4.16. The molecule has 0 bridgehead atoms. The molecule has 0 aromatic carbocycles. The quantitative estimate of drug-likeness (QED) is 0.897. The highest BCUT2D eigenvalue weighted by Gasteiger charge is 2.19. The van der Waals surface area contributed by atoms with Gasteiger partial charge in [0.25, 0.3) is 0 Å². The first-order chi connectivity index (χ1) is 8.90. The maximum absolute atomic E-state index is 4.89. The number of halogens is 2. The zero-order valence-corrected chi connectivity index (χ0v) is 13.5. The van der Waals surface area contributed by atoms with Gasteiger partial charge in [0.2, 0.25) is 0 Å². The Morgan fingerprint density at radius 2 is 2.25 bits per heavy atom. The molecule has 1 fully saturated rings. The number of thiazole rings is 1. The molecule has 1 aromatic heterocycles. The Labute approximate surface area is 135 Å². The van der Waals surface area contributed by atoms with Gasteiger partial charge in [-0.05, 0) is 49.1 Å². The van der Waals surface area contributed by atoms with E-state index in [1.165, 1.54) is 45.5 Å². The average molecular weight is 329 g/mol. The van der Waals surface area contributed by atoms with E-state index < -0.39 is 0 Å². The molecule has 20 heavy (non-hydrogen) atoms. The summed E-state index contributed by atoms with van der Waals surface area (Å²) in [6.45, 7) is 2.34. The monoisotopic (exact) mass is 328 g/mol. The standard InChI is InChI=1S/C15H16N2S.2ClH/c1-2-4-12-11(3-1)8-13-15(12)17-14(18-13)7-10-5-6-16-9-10;;/h1-3,8,10,16H,4-7,9H2;2*1H. The van der Waals surface area contributed by atoms with Crippen molar-refractivity contribution >= 4 is 47.8 Å². The number of aromatic nitrogens is 1. The number of hydrogen-bond donors (Lipinski definition) is 1. The van der Waals surface area contributed by atoms with Crippen LogP contribution in [0.1, 0.15) is 17.8 Å². The lowest BCUT2D eigenvalue weighted by Gasteiger charge is -2.06. The van der Waals surface area contributed by atoms with Crippen LogP contribution in [-0.2, 0) is 6.42 Å². The summed E-state index contributed by atoms with van der Waals surface area (Å²) in [4.78, 5) is 4.89. The summed E-state index contributed by atoms with van der Waals surface area (Å²) in [6.07, 6.45) is 12.4. The van der Waals surface area contributed by atoms with Gasteiger partial charge in [0.1, 0.15) is 0 Å². The van der Waals surface area contributed by atoms with Crippen molar-refractivity contribution in [1.82, 2.24) is 10.3 Å². The minimum absolute atomic E-state index is 0. The van der Waals surface area contributed by atoms with Crippen molar-refractivity contribution in [2.45, 2.75) is 19.3 Å². The van der Waals surface area contributed by atoms with E-state index in [4.69, 9.17) is 4.98 Å². The van der Waals surface area contributed by atoms with Crippen LogP contribution < -0.4 is 15.2 Å². The highest BCUT2D eigenvalue weighted by atomic mass is 35.5. The third-order valence-electron chi connectivity index (χ3n) is 3.98. The molecule has 108 valence electrons. The lowest BCUT2D eigenvalue weighted by molar-refractivity contribution is 0.578. The Morgan fingerprint density at radius 1 is 1.35 bits per heavy atom. The lowest BCUT2D eigenvalue weighted by Crippen LogP contribution is -2.19. The maximum Gasteiger partial charge on any atom is 0.0942 e. The van der Waals surface area contributed by atoms with E-state index in [1.807, 2.05) is 11.3 Å². The minimum atomic E-state index is 0. The lowest BCUT2D eigenvalue weighted by atomic mass is 10.0. The van der Waals surface area contributed by atoms with Crippen LogP contribution in [0, 0.1) is 5.92 Å². The molecule has 2 nitrogen and oxygen atoms in total. The first-order valence-electron chi connectivity index (χ1n) is 6.69. The van der Waals surface area contributed by atoms with Gasteiger partial charge in [-0.2, -0.15) is 0 Å². The molecule has 1 atom stereocenters. The van der Waals surface area contributed by atoms with Crippen LogP contribution in [0.15, 0.2) is 23.8 Å². The van der Waals surface area contributed by atoms with E-state index >= 15 is 0 Å². The SMILES string of the molecule is C1=CCC2=c3nc(CC4CCNC4)sc3=CC2=C1.Cl.Cl. The Morgan fingerprint density at radius 3 is 3.05 bits per heavy atom. The summed E-state index contributed by atoms with van der Waals surface area (Å²) in [6, 6.07) is 0. The van der Waals surface area contributed by atoms with Crippen molar-refractivity contribution in [2.24, 2.45) is 5.92 Å². The fourth-order valence-electron chi connectivity index (χ4n) is 3.00. The second kappa shape index (κ2) is 6.44. The zero-order chi connectivity index (χ0) is 11.9. The van der Waals surface area contributed by atoms with Gasteiger partial charge >= 0.3 is 0 Å². The molecule has 1 unspecified atom stereocenters. The van der Waals surface area contributed by atoms with E-state index in [0.29, 0.717) is 0 Å². The highest BCUT2D eigenvalue weighted by Crippen LogP contribution is 2.24. The van der Waals surface area contributed by atoms with Crippen molar-refractivity contribution in [3.8, 4) is 0 Å². The molecule has 2 aliphatic carbocycles. The van der Waals surface area contributed by atoms with Crippen LogP contribution in [0.5, 0.6) is 0 Å². The van der Waals surface area contributed by atoms with E-state index in [1.54, 1.807) is 0 Å². The largest absolute Gasteiger partial charge is 0.316 e. The van der Waals surface area contributed by atoms with E-state index in [9.17, 15) is 0 Å². The molecule has 4 rings (SSSR count). The molecule has 0 spiro atoms. The Balaban J connectivity index is 0.000000735. The van der Waals surface area contributed by atoms with Gasteiger partial charge in [-0.1, -0.05) is 18.2 Å². The third kappa shape index (κ3) is 2.73. The van der Waals surface area contributed by atoms with Crippen molar-refractivity contribution in [1.29, 1.82) is 0 Å². The molecule has 1 N–H and O–H groups in total. The summed E-state index contributed by atoms with van der Waals surface area (Å²) in [7, 11) is 0. The Hall–Kier alpha value is -0.610. The number of rotatable bonds is 2. The molecule has 1 aliphatic heterocycles. The second-order valence-electron chi connectivity index (χ2n) is 5.26. The molecule has 1 saturated heterocycles. The van der Waals surface area contributed by atoms with Crippen LogP contribution in [0.25, 0.3) is 11.6 Å². The molecular weight excluding hydrogens is 311 g/mol. The number of hydrogen-bond acceptors (Lipinski definition) is 3. The predicted molar refractivity (Wildman–Crippen MR) is 90.3 cm³/mol. The van der Waals surface area contributed by atoms with Crippen LogP contribution in [0.3, 0.4) is 0 Å². The van der Waals surface area contributed by atoms with Gasteiger partial charge in [-0.15, -0.1) is 36.2 Å². The van der Waals surface area contributed by atoms with Crippen LogP contribution >= 0.6 is 36.2 Å². The Kier molecular flexibility index (Phi) is 5.08. The first-order valence-corrected chi connectivity index (χ1v) is 7.50. The molecule has 3 aliphatic rings. The van der Waals surface area contributed by atoms with E-state index in [2.05, 4.69) is 29.6 Å². The van der Waals surface area contributed by atoms with Crippen molar-refractivity contribution in [3.63, 3.8) is 0 Å². The van der Waals surface area contributed by atoms with Gasteiger partial charge in [0.15, 0.2) is 0 Å². The fraction of sp³-hybridized carbons (Fsp3) is 0.400. The highest BCUT2D eigenvalue weighted by molar-refractivity contribution is 7.09. The number of fused-ring (bicyclic) bond motifs is 2. The van der Waals surface area contributed by atoms with Crippen molar-refractivity contribution < 1.29 is 0 Å². The summed E-state index contributed by atoms with van der Waals surface area (Å²) in [5.74, 6) is 0.794. The molecule has 0 radical (unpaired) electrons.